The molecule has 0 fully saturated rings. The summed E-state index contributed by atoms with van der Waals surface area (Å²) in [5.41, 5.74) is 2.43. The Bertz CT molecular complexity index is 692. The van der Waals surface area contributed by atoms with Crippen LogP contribution in [0.25, 0.3) is 11.1 Å². The Morgan fingerprint density at radius 1 is 0.950 bits per heavy atom. The quantitative estimate of drug-likeness (QED) is 0.522. The van der Waals surface area contributed by atoms with E-state index in [1.807, 2.05) is 30.3 Å². The summed E-state index contributed by atoms with van der Waals surface area (Å²) < 4.78 is 29.7. The molecule has 1 N–H and O–H groups in total. The van der Waals surface area contributed by atoms with Gasteiger partial charge in [0.15, 0.2) is 5.78 Å². The first-order valence-electron chi connectivity index (χ1n) is 5.76. The first kappa shape index (κ1) is 14.8. The van der Waals surface area contributed by atoms with Crippen LogP contribution in [0, 0.1) is 0 Å². The lowest BCUT2D eigenvalue weighted by Crippen LogP contribution is -2.05. The van der Waals surface area contributed by atoms with Crippen molar-refractivity contribution in [1.29, 1.82) is 0 Å². The summed E-state index contributed by atoms with van der Waals surface area (Å²) in [7, 11) is -3.97. The van der Waals surface area contributed by atoms with Crippen LogP contribution >= 0.6 is 10.8 Å². The van der Waals surface area contributed by atoms with Gasteiger partial charge in [0.1, 0.15) is 0 Å². The first-order valence-corrected chi connectivity index (χ1v) is 8.70. The maximum atomic E-state index is 11.7. The predicted molar refractivity (Wildman–Crippen MR) is 80.2 cm³/mol. The standard InChI is InChI=1S/C14H12O4S2/c15-14(10-19-20(16,17)18)13-8-6-12(7-9-13)11-4-2-1-3-5-11/h1-9H,10H2,(H,16,17,18). The summed E-state index contributed by atoms with van der Waals surface area (Å²) in [4.78, 5) is 11.7. The van der Waals surface area contributed by atoms with Gasteiger partial charge in [-0.1, -0.05) is 54.6 Å². The van der Waals surface area contributed by atoms with E-state index in [1.54, 1.807) is 24.3 Å². The number of Topliss-reactive ketones (excluding diaryl/α,β-unsaturated/α-hetero) is 1. The van der Waals surface area contributed by atoms with Gasteiger partial charge in [-0.05, 0) is 11.1 Å². The van der Waals surface area contributed by atoms with Crippen molar-refractivity contribution < 1.29 is 17.8 Å². The van der Waals surface area contributed by atoms with Crippen molar-refractivity contribution in [1.82, 2.24) is 0 Å². The topological polar surface area (TPSA) is 71.4 Å². The Morgan fingerprint density at radius 3 is 2.05 bits per heavy atom. The van der Waals surface area contributed by atoms with E-state index in [9.17, 15) is 13.2 Å². The number of carbonyl (C=O) groups is 1. The largest absolute Gasteiger partial charge is 0.320 e. The Labute approximate surface area is 121 Å². The van der Waals surface area contributed by atoms with E-state index in [1.165, 1.54) is 0 Å². The van der Waals surface area contributed by atoms with Gasteiger partial charge in [-0.2, -0.15) is 8.42 Å². The van der Waals surface area contributed by atoms with Crippen LogP contribution < -0.4 is 0 Å². The molecule has 0 spiro atoms. The van der Waals surface area contributed by atoms with Gasteiger partial charge >= 0.3 is 9.15 Å². The third kappa shape index (κ3) is 4.19. The zero-order valence-electron chi connectivity index (χ0n) is 10.4. The lowest BCUT2D eigenvalue weighted by Gasteiger charge is -2.03. The fraction of sp³-hybridized carbons (Fsp3) is 0.0714. The van der Waals surface area contributed by atoms with Crippen LogP contribution in [0.3, 0.4) is 0 Å². The Balaban J connectivity index is 2.11. The third-order valence-electron chi connectivity index (χ3n) is 2.65. The van der Waals surface area contributed by atoms with Gasteiger partial charge in [0.2, 0.25) is 0 Å². The van der Waals surface area contributed by atoms with E-state index in [4.69, 9.17) is 4.55 Å². The van der Waals surface area contributed by atoms with Crippen molar-refractivity contribution in [2.45, 2.75) is 0 Å². The third-order valence-corrected chi connectivity index (χ3v) is 4.58. The highest BCUT2D eigenvalue weighted by Gasteiger charge is 2.12. The minimum absolute atomic E-state index is 0.215. The lowest BCUT2D eigenvalue weighted by molar-refractivity contribution is 0.102. The van der Waals surface area contributed by atoms with Crippen LogP contribution in [-0.2, 0) is 9.15 Å². The summed E-state index contributed by atoms with van der Waals surface area (Å²) in [5.74, 6) is -0.643. The van der Waals surface area contributed by atoms with Crippen LogP contribution in [0.4, 0.5) is 0 Å². The molecule has 2 aromatic carbocycles. The van der Waals surface area contributed by atoms with E-state index in [2.05, 4.69) is 0 Å². The van der Waals surface area contributed by atoms with E-state index in [-0.39, 0.29) is 22.3 Å². The zero-order valence-corrected chi connectivity index (χ0v) is 12.0. The maximum Gasteiger partial charge on any atom is 0.320 e. The molecular weight excluding hydrogens is 296 g/mol. The summed E-state index contributed by atoms with van der Waals surface area (Å²) in [6.07, 6.45) is 0. The average Bonchev–Trinajstić information content (AvgIpc) is 2.45. The molecule has 0 saturated carbocycles. The molecule has 0 amide bonds. The van der Waals surface area contributed by atoms with Gasteiger partial charge in [0, 0.05) is 16.4 Å². The monoisotopic (exact) mass is 308 g/mol. The van der Waals surface area contributed by atoms with Crippen LogP contribution in [0.5, 0.6) is 0 Å². The number of benzene rings is 2. The van der Waals surface area contributed by atoms with E-state index >= 15 is 0 Å². The van der Waals surface area contributed by atoms with Gasteiger partial charge in [0.25, 0.3) is 0 Å². The Kier molecular flexibility index (Phi) is 4.59. The van der Waals surface area contributed by atoms with Gasteiger partial charge in [-0.25, -0.2) is 0 Å². The fourth-order valence-electron chi connectivity index (χ4n) is 1.69. The SMILES string of the molecule is O=C(CSS(=O)(=O)O)c1ccc(-c2ccccc2)cc1. The van der Waals surface area contributed by atoms with E-state index in [0.29, 0.717) is 5.56 Å². The molecular formula is C14H12O4S2. The van der Waals surface area contributed by atoms with Crippen molar-refractivity contribution in [3.8, 4) is 11.1 Å². The maximum absolute atomic E-state index is 11.7. The second-order valence-corrected chi connectivity index (χ2v) is 7.41. The van der Waals surface area contributed by atoms with Crippen molar-refractivity contribution in [3.63, 3.8) is 0 Å². The molecule has 0 heterocycles. The van der Waals surface area contributed by atoms with Gasteiger partial charge in [0.05, 0.1) is 5.75 Å². The van der Waals surface area contributed by atoms with Crippen molar-refractivity contribution in [2.75, 3.05) is 5.75 Å². The van der Waals surface area contributed by atoms with E-state index < -0.39 is 9.15 Å². The number of ketones is 1. The van der Waals surface area contributed by atoms with Crippen LogP contribution in [0.2, 0.25) is 0 Å². The van der Waals surface area contributed by atoms with Crippen LogP contribution in [0.1, 0.15) is 10.4 Å². The molecule has 0 bridgehead atoms. The molecule has 0 aromatic heterocycles. The van der Waals surface area contributed by atoms with Gasteiger partial charge in [-0.3, -0.25) is 9.35 Å². The normalized spacial score (nSPS) is 11.2. The minimum Gasteiger partial charge on any atom is -0.293 e. The number of rotatable bonds is 5. The molecule has 2 rings (SSSR count). The Hall–Kier alpha value is -1.63. The number of carbonyl (C=O) groups excluding carboxylic acids is 1. The second-order valence-electron chi connectivity index (χ2n) is 4.06. The summed E-state index contributed by atoms with van der Waals surface area (Å²) >= 11 is 0. The molecule has 0 unspecified atom stereocenters. The predicted octanol–water partition coefficient (Wildman–Crippen LogP) is 3.07. The molecule has 104 valence electrons. The summed E-state index contributed by atoms with van der Waals surface area (Å²) in [5, 5.41) is 0. The average molecular weight is 308 g/mol. The highest BCUT2D eigenvalue weighted by molar-refractivity contribution is 8.70. The molecule has 4 nitrogen and oxygen atoms in total. The molecule has 0 aliphatic rings. The number of hydrogen-bond acceptors (Lipinski definition) is 4. The number of hydrogen-bond donors (Lipinski definition) is 1. The van der Waals surface area contributed by atoms with Crippen molar-refractivity contribution >= 4 is 25.7 Å². The highest BCUT2D eigenvalue weighted by atomic mass is 33.1. The van der Waals surface area contributed by atoms with Gasteiger partial charge < -0.3 is 0 Å². The lowest BCUT2D eigenvalue weighted by atomic mass is 10.0. The molecule has 0 radical (unpaired) electrons. The Morgan fingerprint density at radius 2 is 1.50 bits per heavy atom. The van der Waals surface area contributed by atoms with Crippen LogP contribution in [0.15, 0.2) is 54.6 Å². The molecule has 20 heavy (non-hydrogen) atoms. The molecule has 6 heteroatoms. The second kappa shape index (κ2) is 6.21. The minimum atomic E-state index is -4.18. The fourth-order valence-corrected chi connectivity index (χ4v) is 2.88. The molecule has 0 aliphatic carbocycles. The molecule has 0 atom stereocenters. The van der Waals surface area contributed by atoms with Crippen LogP contribution in [-0.4, -0.2) is 24.5 Å². The first-order chi connectivity index (χ1) is 9.46. The molecule has 2 aromatic rings. The highest BCUT2D eigenvalue weighted by Crippen LogP contribution is 2.20. The smallest absolute Gasteiger partial charge is 0.293 e. The zero-order chi connectivity index (χ0) is 14.6. The van der Waals surface area contributed by atoms with Crippen molar-refractivity contribution in [2.24, 2.45) is 0 Å². The molecule has 0 aliphatic heterocycles. The van der Waals surface area contributed by atoms with Crippen molar-refractivity contribution in [3.05, 3.63) is 60.2 Å². The summed E-state index contributed by atoms with van der Waals surface area (Å²) in [6.45, 7) is 0. The summed E-state index contributed by atoms with van der Waals surface area (Å²) in [6, 6.07) is 16.6. The van der Waals surface area contributed by atoms with E-state index in [0.717, 1.165) is 11.1 Å². The molecule has 0 saturated heterocycles. The van der Waals surface area contributed by atoms with Gasteiger partial charge in [-0.15, -0.1) is 0 Å².